The number of carbonyl (C=O) groups is 1. The van der Waals surface area contributed by atoms with Gasteiger partial charge in [-0.3, -0.25) is 4.79 Å². The van der Waals surface area contributed by atoms with E-state index in [1.165, 1.54) is 35.5 Å². The van der Waals surface area contributed by atoms with Crippen LogP contribution in [-0.2, 0) is 17.5 Å². The molecule has 0 bridgehead atoms. The van der Waals surface area contributed by atoms with Gasteiger partial charge in [0.25, 0.3) is 0 Å². The van der Waals surface area contributed by atoms with Crippen LogP contribution in [0.1, 0.15) is 42.1 Å². The summed E-state index contributed by atoms with van der Waals surface area (Å²) in [6.45, 7) is 2.64. The maximum absolute atomic E-state index is 13.1. The van der Waals surface area contributed by atoms with Crippen molar-refractivity contribution in [2.45, 2.75) is 43.1 Å². The number of nitrogens with zero attached hydrogens (tertiary/aromatic N) is 3. The van der Waals surface area contributed by atoms with Gasteiger partial charge in [0, 0.05) is 12.5 Å². The second-order valence-electron chi connectivity index (χ2n) is 7.32. The van der Waals surface area contributed by atoms with Crippen LogP contribution in [0.3, 0.4) is 0 Å². The molecule has 2 aromatic carbocycles. The van der Waals surface area contributed by atoms with Crippen LogP contribution < -0.4 is 5.32 Å². The predicted octanol–water partition coefficient (Wildman–Crippen LogP) is 5.32. The van der Waals surface area contributed by atoms with Crippen LogP contribution in [0.5, 0.6) is 0 Å². The second kappa shape index (κ2) is 8.74. The third kappa shape index (κ3) is 4.76. The average molecular weight is 446 g/mol. The predicted molar refractivity (Wildman–Crippen MR) is 113 cm³/mol. The van der Waals surface area contributed by atoms with Gasteiger partial charge in [-0.2, -0.15) is 13.2 Å². The molecule has 9 heteroatoms. The van der Waals surface area contributed by atoms with Gasteiger partial charge in [0.05, 0.1) is 17.0 Å². The number of carbonyl (C=O) groups excluding carboxylic acids is 1. The van der Waals surface area contributed by atoms with Gasteiger partial charge < -0.3 is 9.88 Å². The molecule has 2 unspecified atom stereocenters. The fraction of sp³-hybridized carbons (Fsp3) is 0.318. The standard InChI is InChI=1S/C22H21F3N4OS/c1-2-29-20(16-12-15(16)14-8-4-3-5-9-14)27-28-21(29)31-13-19(30)26-18-11-7-6-10-17(18)22(23,24)25/h3-11,15-16H,2,12-13H2,1H3,(H,26,30). The van der Waals surface area contributed by atoms with Crippen LogP contribution in [-0.4, -0.2) is 26.4 Å². The highest BCUT2D eigenvalue weighted by atomic mass is 32.2. The van der Waals surface area contributed by atoms with Crippen LogP contribution in [0.2, 0.25) is 0 Å². The minimum atomic E-state index is -4.53. The molecule has 1 amide bonds. The Balaban J connectivity index is 1.41. The third-order valence-electron chi connectivity index (χ3n) is 5.25. The molecular formula is C22H21F3N4OS. The molecule has 1 heterocycles. The quantitative estimate of drug-likeness (QED) is 0.499. The number of rotatable bonds is 7. The molecule has 5 nitrogen and oxygen atoms in total. The molecule has 1 aliphatic rings. The molecule has 31 heavy (non-hydrogen) atoms. The molecule has 0 spiro atoms. The van der Waals surface area contributed by atoms with Crippen LogP contribution in [0.15, 0.2) is 59.8 Å². The van der Waals surface area contributed by atoms with Crippen molar-refractivity contribution in [2.24, 2.45) is 0 Å². The topological polar surface area (TPSA) is 59.8 Å². The average Bonchev–Trinajstić information content (AvgIpc) is 3.44. The maximum Gasteiger partial charge on any atom is 0.418 e. The van der Waals surface area contributed by atoms with Crippen LogP contribution in [0, 0.1) is 0 Å². The number of benzene rings is 2. The molecule has 1 aromatic heterocycles. The Morgan fingerprint density at radius 2 is 1.81 bits per heavy atom. The summed E-state index contributed by atoms with van der Waals surface area (Å²) in [5.74, 6) is 1.01. The highest BCUT2D eigenvalue weighted by molar-refractivity contribution is 7.99. The fourth-order valence-corrected chi connectivity index (χ4v) is 4.49. The van der Waals surface area contributed by atoms with E-state index in [1.807, 2.05) is 29.7 Å². The van der Waals surface area contributed by atoms with E-state index in [1.54, 1.807) is 0 Å². The van der Waals surface area contributed by atoms with Gasteiger partial charge in [0.1, 0.15) is 5.82 Å². The molecule has 162 valence electrons. The number of thioether (sulfide) groups is 1. The van der Waals surface area contributed by atoms with E-state index in [0.717, 1.165) is 18.3 Å². The van der Waals surface area contributed by atoms with Crippen molar-refractivity contribution in [3.8, 4) is 0 Å². The zero-order valence-corrected chi connectivity index (χ0v) is 17.6. The highest BCUT2D eigenvalue weighted by Crippen LogP contribution is 2.54. The number of hydrogen-bond acceptors (Lipinski definition) is 4. The number of halogens is 3. The summed E-state index contributed by atoms with van der Waals surface area (Å²) in [5, 5.41) is 11.5. The summed E-state index contributed by atoms with van der Waals surface area (Å²) in [5.41, 5.74) is 0.157. The largest absolute Gasteiger partial charge is 0.418 e. The number of hydrogen-bond donors (Lipinski definition) is 1. The fourth-order valence-electron chi connectivity index (χ4n) is 3.68. The molecule has 3 aromatic rings. The molecule has 1 fully saturated rings. The normalized spacial score (nSPS) is 18.1. The van der Waals surface area contributed by atoms with E-state index in [4.69, 9.17) is 0 Å². The van der Waals surface area contributed by atoms with E-state index in [-0.39, 0.29) is 17.4 Å². The van der Waals surface area contributed by atoms with E-state index >= 15 is 0 Å². The molecule has 0 aliphatic heterocycles. The Bertz CT molecular complexity index is 1070. The summed E-state index contributed by atoms with van der Waals surface area (Å²) < 4.78 is 41.3. The number of anilines is 1. The first-order chi connectivity index (χ1) is 14.9. The Morgan fingerprint density at radius 1 is 1.10 bits per heavy atom. The SMILES string of the molecule is CCn1c(SCC(=O)Nc2ccccc2C(F)(F)F)nnc1C1CC1c1ccccc1. The van der Waals surface area contributed by atoms with Gasteiger partial charge in [-0.1, -0.05) is 54.2 Å². The van der Waals surface area contributed by atoms with E-state index in [9.17, 15) is 18.0 Å². The lowest BCUT2D eigenvalue weighted by Crippen LogP contribution is -2.18. The van der Waals surface area contributed by atoms with Gasteiger partial charge in [0.2, 0.25) is 5.91 Å². The van der Waals surface area contributed by atoms with Gasteiger partial charge in [0.15, 0.2) is 5.16 Å². The minimum Gasteiger partial charge on any atom is -0.325 e. The van der Waals surface area contributed by atoms with Crippen molar-refractivity contribution in [3.63, 3.8) is 0 Å². The van der Waals surface area contributed by atoms with Crippen LogP contribution in [0.25, 0.3) is 0 Å². The van der Waals surface area contributed by atoms with E-state index in [0.29, 0.717) is 17.6 Å². The van der Waals surface area contributed by atoms with Gasteiger partial charge in [-0.15, -0.1) is 10.2 Å². The molecular weight excluding hydrogens is 425 g/mol. The van der Waals surface area contributed by atoms with Gasteiger partial charge in [-0.25, -0.2) is 0 Å². The van der Waals surface area contributed by atoms with E-state index in [2.05, 4.69) is 27.6 Å². The first-order valence-electron chi connectivity index (χ1n) is 9.95. The van der Waals surface area contributed by atoms with Crippen molar-refractivity contribution in [2.75, 3.05) is 11.1 Å². The number of amides is 1. The maximum atomic E-state index is 13.1. The van der Waals surface area contributed by atoms with Crippen molar-refractivity contribution < 1.29 is 18.0 Å². The zero-order valence-electron chi connectivity index (χ0n) is 16.8. The minimum absolute atomic E-state index is 0.0584. The third-order valence-corrected chi connectivity index (χ3v) is 6.22. The van der Waals surface area contributed by atoms with E-state index < -0.39 is 17.6 Å². The van der Waals surface area contributed by atoms with Gasteiger partial charge in [-0.05, 0) is 37.0 Å². The van der Waals surface area contributed by atoms with Crippen molar-refractivity contribution in [1.29, 1.82) is 0 Å². The number of para-hydroxylation sites is 1. The summed E-state index contributed by atoms with van der Waals surface area (Å²) in [7, 11) is 0. The van der Waals surface area contributed by atoms with Crippen LogP contribution in [0.4, 0.5) is 18.9 Å². The molecule has 1 aliphatic carbocycles. The Kier molecular flexibility index (Phi) is 6.04. The molecule has 2 atom stereocenters. The lowest BCUT2D eigenvalue weighted by Gasteiger charge is -2.13. The number of alkyl halides is 3. The Hall–Kier alpha value is -2.81. The molecule has 1 N–H and O–H groups in total. The molecule has 4 rings (SSSR count). The zero-order chi connectivity index (χ0) is 22.0. The lowest BCUT2D eigenvalue weighted by molar-refractivity contribution is -0.137. The highest BCUT2D eigenvalue weighted by Gasteiger charge is 2.43. The molecule has 0 saturated heterocycles. The van der Waals surface area contributed by atoms with Crippen molar-refractivity contribution >= 4 is 23.4 Å². The number of aromatic nitrogens is 3. The first kappa shape index (κ1) is 21.4. The van der Waals surface area contributed by atoms with Crippen molar-refractivity contribution in [1.82, 2.24) is 14.8 Å². The summed E-state index contributed by atoms with van der Waals surface area (Å²) >= 11 is 1.17. The Labute approximate surface area is 182 Å². The molecule has 1 saturated carbocycles. The summed E-state index contributed by atoms with van der Waals surface area (Å²) in [6.07, 6.45) is -3.53. The smallest absolute Gasteiger partial charge is 0.325 e. The number of nitrogens with one attached hydrogen (secondary N) is 1. The second-order valence-corrected chi connectivity index (χ2v) is 8.27. The molecule has 0 radical (unpaired) electrons. The lowest BCUT2D eigenvalue weighted by atomic mass is 10.1. The summed E-state index contributed by atoms with van der Waals surface area (Å²) in [6, 6.07) is 15.2. The first-order valence-corrected chi connectivity index (χ1v) is 10.9. The van der Waals surface area contributed by atoms with Crippen LogP contribution >= 0.6 is 11.8 Å². The monoisotopic (exact) mass is 446 g/mol. The van der Waals surface area contributed by atoms with Crippen molar-refractivity contribution in [3.05, 3.63) is 71.5 Å². The Morgan fingerprint density at radius 3 is 2.52 bits per heavy atom. The summed E-state index contributed by atoms with van der Waals surface area (Å²) in [4.78, 5) is 12.3. The van der Waals surface area contributed by atoms with Gasteiger partial charge >= 0.3 is 6.18 Å².